The van der Waals surface area contributed by atoms with Crippen LogP contribution < -0.4 is 10.6 Å². The van der Waals surface area contributed by atoms with Gasteiger partial charge in [0.25, 0.3) is 0 Å². The lowest BCUT2D eigenvalue weighted by molar-refractivity contribution is -0.142. The van der Waals surface area contributed by atoms with E-state index in [0.717, 1.165) is 12.7 Å². The number of rotatable bonds is 3. The van der Waals surface area contributed by atoms with Crippen molar-refractivity contribution < 1.29 is 22.8 Å². The van der Waals surface area contributed by atoms with E-state index in [1.54, 1.807) is 0 Å². The predicted octanol–water partition coefficient (Wildman–Crippen LogP) is -2.13. The fourth-order valence-corrected chi connectivity index (χ4v) is 3.66. The highest BCUT2D eigenvalue weighted by molar-refractivity contribution is 7.88. The molecule has 0 aromatic carbocycles. The summed E-state index contributed by atoms with van der Waals surface area (Å²) in [4.78, 5) is 37.3. The normalized spacial score (nSPS) is 26.5. The van der Waals surface area contributed by atoms with E-state index in [9.17, 15) is 22.8 Å². The maximum atomic E-state index is 12.5. The van der Waals surface area contributed by atoms with Crippen LogP contribution in [0.3, 0.4) is 0 Å². The van der Waals surface area contributed by atoms with Crippen molar-refractivity contribution in [3.05, 3.63) is 0 Å². The van der Waals surface area contributed by atoms with Gasteiger partial charge in [-0.3, -0.25) is 14.4 Å². The molecule has 0 bridgehead atoms. The Bertz CT molecular complexity index is 605. The molecule has 2 atom stereocenters. The molecule has 10 heteroatoms. The minimum atomic E-state index is -3.45. The Morgan fingerprint density at radius 1 is 1.30 bits per heavy atom. The highest BCUT2D eigenvalue weighted by atomic mass is 32.2. The van der Waals surface area contributed by atoms with Gasteiger partial charge in [0.1, 0.15) is 12.1 Å². The quantitative estimate of drug-likeness (QED) is 0.606. The van der Waals surface area contributed by atoms with Crippen LogP contribution in [0.1, 0.15) is 19.8 Å². The summed E-state index contributed by atoms with van der Waals surface area (Å²) in [5, 5.41) is 5.30. The Morgan fingerprint density at radius 2 is 2.00 bits per heavy atom. The van der Waals surface area contributed by atoms with E-state index in [-0.39, 0.29) is 31.4 Å². The zero-order chi connectivity index (χ0) is 17.2. The number of nitrogens with zero attached hydrogens (tertiary/aromatic N) is 2. The molecule has 3 amide bonds. The summed E-state index contributed by atoms with van der Waals surface area (Å²) in [7, 11) is -3.45. The van der Waals surface area contributed by atoms with Crippen LogP contribution >= 0.6 is 0 Å². The molecule has 23 heavy (non-hydrogen) atoms. The van der Waals surface area contributed by atoms with E-state index in [1.165, 1.54) is 16.1 Å². The number of sulfonamides is 1. The van der Waals surface area contributed by atoms with Crippen LogP contribution in [0.4, 0.5) is 0 Å². The Balaban J connectivity index is 2.12. The van der Waals surface area contributed by atoms with Crippen LogP contribution in [0.15, 0.2) is 0 Å². The molecule has 0 saturated carbocycles. The van der Waals surface area contributed by atoms with Crippen molar-refractivity contribution in [3.63, 3.8) is 0 Å². The molecule has 2 N–H and O–H groups in total. The molecular weight excluding hydrogens is 324 g/mol. The number of piperidine rings is 1. The number of carbonyl (C=O) groups is 3. The molecule has 2 rings (SSSR count). The molecule has 2 fully saturated rings. The predicted molar refractivity (Wildman–Crippen MR) is 81.8 cm³/mol. The van der Waals surface area contributed by atoms with Crippen molar-refractivity contribution in [1.29, 1.82) is 0 Å². The summed E-state index contributed by atoms with van der Waals surface area (Å²) in [6.45, 7) is 2.13. The van der Waals surface area contributed by atoms with Crippen molar-refractivity contribution in [2.24, 2.45) is 0 Å². The fraction of sp³-hybridized carbons (Fsp3) is 0.769. The van der Waals surface area contributed by atoms with E-state index in [1.807, 2.05) is 0 Å². The number of nitrogens with one attached hydrogen (secondary N) is 2. The monoisotopic (exact) mass is 346 g/mol. The maximum absolute atomic E-state index is 12.5. The third-order valence-corrected chi connectivity index (χ3v) is 5.39. The summed E-state index contributed by atoms with van der Waals surface area (Å²) < 4.78 is 24.6. The molecule has 0 unspecified atom stereocenters. The fourth-order valence-electron chi connectivity index (χ4n) is 2.84. The van der Waals surface area contributed by atoms with Crippen LogP contribution in [0, 0.1) is 0 Å². The summed E-state index contributed by atoms with van der Waals surface area (Å²) in [6.07, 6.45) is 2.35. The lowest BCUT2D eigenvalue weighted by Crippen LogP contribution is -2.63. The second-order valence-electron chi connectivity index (χ2n) is 5.84. The van der Waals surface area contributed by atoms with Gasteiger partial charge in [-0.15, -0.1) is 0 Å². The summed E-state index contributed by atoms with van der Waals surface area (Å²) in [6, 6.07) is -1.57. The van der Waals surface area contributed by atoms with Gasteiger partial charge < -0.3 is 15.5 Å². The molecule has 2 heterocycles. The van der Waals surface area contributed by atoms with Gasteiger partial charge in [0.15, 0.2) is 0 Å². The molecular formula is C13H22N4O5S. The molecule has 130 valence electrons. The lowest BCUT2D eigenvalue weighted by Gasteiger charge is -2.39. The highest BCUT2D eigenvalue weighted by Gasteiger charge is 2.38. The van der Waals surface area contributed by atoms with Crippen LogP contribution in [-0.2, 0) is 24.4 Å². The van der Waals surface area contributed by atoms with Crippen molar-refractivity contribution in [1.82, 2.24) is 19.8 Å². The SMILES string of the molecule is CC(=O)N1CCN(S(C)(=O)=O)C[C@H]1C(=O)N[C@H]1CCCNC1=O. The van der Waals surface area contributed by atoms with Crippen LogP contribution in [-0.4, -0.2) is 79.9 Å². The molecule has 0 spiro atoms. The van der Waals surface area contributed by atoms with Gasteiger partial charge in [-0.05, 0) is 12.8 Å². The Labute approximate surface area is 135 Å². The second-order valence-corrected chi connectivity index (χ2v) is 7.83. The van der Waals surface area contributed by atoms with E-state index < -0.39 is 28.0 Å². The van der Waals surface area contributed by atoms with Gasteiger partial charge in [-0.25, -0.2) is 8.42 Å². The van der Waals surface area contributed by atoms with Gasteiger partial charge in [0.05, 0.1) is 6.26 Å². The maximum Gasteiger partial charge on any atom is 0.244 e. The lowest BCUT2D eigenvalue weighted by atomic mass is 10.1. The third-order valence-electron chi connectivity index (χ3n) is 4.12. The highest BCUT2D eigenvalue weighted by Crippen LogP contribution is 2.14. The average molecular weight is 346 g/mol. The van der Waals surface area contributed by atoms with E-state index >= 15 is 0 Å². The Kier molecular flexibility index (Phi) is 5.25. The van der Waals surface area contributed by atoms with Crippen LogP contribution in [0.2, 0.25) is 0 Å². The number of piperazine rings is 1. The molecule has 2 aliphatic rings. The average Bonchev–Trinajstić information content (AvgIpc) is 2.48. The van der Waals surface area contributed by atoms with Gasteiger partial charge in [-0.1, -0.05) is 0 Å². The van der Waals surface area contributed by atoms with Gasteiger partial charge >= 0.3 is 0 Å². The first-order chi connectivity index (χ1) is 10.7. The third kappa shape index (κ3) is 4.20. The minimum absolute atomic E-state index is 0.0986. The van der Waals surface area contributed by atoms with Crippen molar-refractivity contribution in [3.8, 4) is 0 Å². The first kappa shape index (κ1) is 17.7. The van der Waals surface area contributed by atoms with Gasteiger partial charge in [-0.2, -0.15) is 4.31 Å². The summed E-state index contributed by atoms with van der Waals surface area (Å²) in [5.74, 6) is -1.06. The second kappa shape index (κ2) is 6.83. The summed E-state index contributed by atoms with van der Waals surface area (Å²) >= 11 is 0. The zero-order valence-electron chi connectivity index (χ0n) is 13.2. The number of hydrogen-bond acceptors (Lipinski definition) is 5. The molecule has 2 aliphatic heterocycles. The molecule has 9 nitrogen and oxygen atoms in total. The molecule has 2 saturated heterocycles. The van der Waals surface area contributed by atoms with Crippen LogP contribution in [0.5, 0.6) is 0 Å². The van der Waals surface area contributed by atoms with Crippen LogP contribution in [0.25, 0.3) is 0 Å². The van der Waals surface area contributed by atoms with Crippen molar-refractivity contribution in [2.75, 3.05) is 32.4 Å². The summed E-state index contributed by atoms with van der Waals surface area (Å²) in [5.41, 5.74) is 0. The largest absolute Gasteiger partial charge is 0.354 e. The molecule has 0 aliphatic carbocycles. The standard InChI is InChI=1S/C13H22N4O5S/c1-9(18)17-7-6-16(23(2,21)22)8-11(17)13(20)15-10-4-3-5-14-12(10)19/h10-11H,3-8H2,1-2H3,(H,14,19)(H,15,20)/t10-,11-/m0/s1. The first-order valence-electron chi connectivity index (χ1n) is 7.50. The number of amides is 3. The van der Waals surface area contributed by atoms with E-state index in [0.29, 0.717) is 13.0 Å². The number of hydrogen-bond donors (Lipinski definition) is 2. The smallest absolute Gasteiger partial charge is 0.244 e. The zero-order valence-corrected chi connectivity index (χ0v) is 14.1. The molecule has 0 aromatic heterocycles. The topological polar surface area (TPSA) is 116 Å². The molecule has 0 aromatic rings. The molecule has 0 radical (unpaired) electrons. The first-order valence-corrected chi connectivity index (χ1v) is 9.35. The Hall–Kier alpha value is -1.68. The van der Waals surface area contributed by atoms with Gasteiger partial charge in [0, 0.05) is 33.1 Å². The van der Waals surface area contributed by atoms with E-state index in [4.69, 9.17) is 0 Å². The van der Waals surface area contributed by atoms with Crippen molar-refractivity contribution in [2.45, 2.75) is 31.8 Å². The Morgan fingerprint density at radius 3 is 2.57 bits per heavy atom. The number of carbonyl (C=O) groups excluding carboxylic acids is 3. The van der Waals surface area contributed by atoms with Crippen molar-refractivity contribution >= 4 is 27.7 Å². The van der Waals surface area contributed by atoms with Gasteiger partial charge in [0.2, 0.25) is 27.7 Å². The van der Waals surface area contributed by atoms with E-state index in [2.05, 4.69) is 10.6 Å². The minimum Gasteiger partial charge on any atom is -0.354 e.